The van der Waals surface area contributed by atoms with Crippen LogP contribution < -0.4 is 4.74 Å². The minimum absolute atomic E-state index is 0.0680. The highest BCUT2D eigenvalue weighted by atomic mass is 16.7. The minimum atomic E-state index is -1.12. The Bertz CT molecular complexity index is 265. The molecule has 0 fully saturated rings. The van der Waals surface area contributed by atoms with Gasteiger partial charge >= 0.3 is 5.97 Å². The zero-order valence-corrected chi connectivity index (χ0v) is 6.44. The smallest absolute Gasteiger partial charge is 0.371 e. The van der Waals surface area contributed by atoms with Gasteiger partial charge in [0.2, 0.25) is 5.76 Å². The van der Waals surface area contributed by atoms with E-state index in [1.54, 1.807) is 0 Å². The number of hydrogen-bond acceptors (Lipinski definition) is 4. The highest BCUT2D eigenvalue weighted by Gasteiger charge is 2.08. The first-order valence-corrected chi connectivity index (χ1v) is 3.17. The molecule has 66 valence electrons. The molecule has 1 heterocycles. The third kappa shape index (κ3) is 2.00. The lowest BCUT2D eigenvalue weighted by Crippen LogP contribution is -1.97. The zero-order chi connectivity index (χ0) is 8.97. The molecule has 0 atom stereocenters. The largest absolute Gasteiger partial charge is 0.475 e. The molecule has 1 aromatic heterocycles. The van der Waals surface area contributed by atoms with Crippen molar-refractivity contribution in [2.75, 3.05) is 13.9 Å². The van der Waals surface area contributed by atoms with Gasteiger partial charge in [0.05, 0.1) is 0 Å². The molecule has 0 bridgehead atoms. The molecule has 0 spiro atoms. The minimum Gasteiger partial charge on any atom is -0.475 e. The second kappa shape index (κ2) is 3.77. The standard InChI is InChI=1S/C7H8O5/c1-10-4-12-5-2-6(7(8)9)11-3-5/h2-3H,4H2,1H3,(H,8,9). The normalized spacial score (nSPS) is 9.75. The molecule has 0 aromatic carbocycles. The molecule has 0 aliphatic heterocycles. The van der Waals surface area contributed by atoms with E-state index in [1.807, 2.05) is 0 Å². The molecule has 12 heavy (non-hydrogen) atoms. The molecule has 1 aromatic rings. The van der Waals surface area contributed by atoms with Gasteiger partial charge in [-0.25, -0.2) is 4.79 Å². The summed E-state index contributed by atoms with van der Waals surface area (Å²) in [4.78, 5) is 10.3. The average Bonchev–Trinajstić information content (AvgIpc) is 2.48. The van der Waals surface area contributed by atoms with Crippen molar-refractivity contribution in [2.45, 2.75) is 0 Å². The Balaban J connectivity index is 2.58. The summed E-state index contributed by atoms with van der Waals surface area (Å²) < 4.78 is 14.2. The van der Waals surface area contributed by atoms with Crippen LogP contribution in [0, 0.1) is 0 Å². The maximum Gasteiger partial charge on any atom is 0.371 e. The number of methoxy groups -OCH3 is 1. The number of furan rings is 1. The van der Waals surface area contributed by atoms with Crippen LogP contribution in [0.15, 0.2) is 16.7 Å². The molecule has 0 aliphatic carbocycles. The van der Waals surface area contributed by atoms with Crippen molar-refractivity contribution < 1.29 is 23.8 Å². The van der Waals surface area contributed by atoms with Crippen LogP contribution in [0.25, 0.3) is 0 Å². The van der Waals surface area contributed by atoms with Gasteiger partial charge < -0.3 is 19.0 Å². The Morgan fingerprint density at radius 3 is 3.00 bits per heavy atom. The van der Waals surface area contributed by atoms with Gasteiger partial charge in [0.15, 0.2) is 12.5 Å². The molecule has 5 nitrogen and oxygen atoms in total. The molecule has 0 radical (unpaired) electrons. The predicted molar refractivity (Wildman–Crippen MR) is 38.2 cm³/mol. The van der Waals surface area contributed by atoms with Gasteiger partial charge in [-0.15, -0.1) is 0 Å². The van der Waals surface area contributed by atoms with Crippen molar-refractivity contribution in [3.05, 3.63) is 18.1 Å². The van der Waals surface area contributed by atoms with Gasteiger partial charge in [-0.05, 0) is 0 Å². The van der Waals surface area contributed by atoms with E-state index in [1.165, 1.54) is 19.4 Å². The summed E-state index contributed by atoms with van der Waals surface area (Å²) in [5, 5.41) is 8.44. The summed E-state index contributed by atoms with van der Waals surface area (Å²) in [5.41, 5.74) is 0. The maximum atomic E-state index is 10.3. The first-order chi connectivity index (χ1) is 5.74. The van der Waals surface area contributed by atoms with E-state index in [-0.39, 0.29) is 12.6 Å². The lowest BCUT2D eigenvalue weighted by Gasteiger charge is -1.97. The Hall–Kier alpha value is -1.49. The van der Waals surface area contributed by atoms with Crippen LogP contribution in [0.2, 0.25) is 0 Å². The van der Waals surface area contributed by atoms with Crippen molar-refractivity contribution in [1.29, 1.82) is 0 Å². The monoisotopic (exact) mass is 172 g/mol. The third-order valence-electron chi connectivity index (χ3n) is 1.13. The summed E-state index contributed by atoms with van der Waals surface area (Å²) in [6.45, 7) is 0.0680. The topological polar surface area (TPSA) is 68.9 Å². The Morgan fingerprint density at radius 2 is 2.50 bits per heavy atom. The van der Waals surface area contributed by atoms with Crippen molar-refractivity contribution in [3.8, 4) is 5.75 Å². The Labute approximate surface area is 68.5 Å². The van der Waals surface area contributed by atoms with Gasteiger partial charge in [-0.2, -0.15) is 0 Å². The van der Waals surface area contributed by atoms with E-state index in [2.05, 4.69) is 9.15 Å². The van der Waals surface area contributed by atoms with Gasteiger partial charge in [-0.3, -0.25) is 0 Å². The SMILES string of the molecule is COCOc1coc(C(=O)O)c1. The van der Waals surface area contributed by atoms with Crippen LogP contribution in [0.4, 0.5) is 0 Å². The van der Waals surface area contributed by atoms with E-state index in [9.17, 15) is 4.79 Å². The molecule has 0 amide bonds. The molecule has 0 unspecified atom stereocenters. The number of hydrogen-bond donors (Lipinski definition) is 1. The molecule has 1 N–H and O–H groups in total. The summed E-state index contributed by atoms with van der Waals surface area (Å²) >= 11 is 0. The zero-order valence-electron chi connectivity index (χ0n) is 6.44. The number of carboxylic acids is 1. The van der Waals surface area contributed by atoms with Gasteiger partial charge in [0.25, 0.3) is 0 Å². The second-order valence-electron chi connectivity index (χ2n) is 2.00. The molecular formula is C7H8O5. The first-order valence-electron chi connectivity index (χ1n) is 3.17. The summed E-state index contributed by atoms with van der Waals surface area (Å²) in [5.74, 6) is -0.933. The number of carbonyl (C=O) groups is 1. The lowest BCUT2D eigenvalue weighted by molar-refractivity contribution is 0.0506. The average molecular weight is 172 g/mol. The summed E-state index contributed by atoms with van der Waals surface area (Å²) in [6, 6.07) is 1.28. The summed E-state index contributed by atoms with van der Waals surface area (Å²) in [7, 11) is 1.47. The Kier molecular flexibility index (Phi) is 2.71. The molecule has 5 heteroatoms. The van der Waals surface area contributed by atoms with Crippen molar-refractivity contribution >= 4 is 5.97 Å². The second-order valence-corrected chi connectivity index (χ2v) is 2.00. The maximum absolute atomic E-state index is 10.3. The molecule has 0 saturated heterocycles. The fraction of sp³-hybridized carbons (Fsp3) is 0.286. The number of rotatable bonds is 4. The van der Waals surface area contributed by atoms with E-state index in [4.69, 9.17) is 9.84 Å². The van der Waals surface area contributed by atoms with E-state index >= 15 is 0 Å². The molecule has 1 rings (SSSR count). The van der Waals surface area contributed by atoms with Crippen LogP contribution in [0.1, 0.15) is 10.6 Å². The van der Waals surface area contributed by atoms with Crippen LogP contribution in [0.5, 0.6) is 5.75 Å². The number of carboxylic acid groups (broad SMARTS) is 1. The van der Waals surface area contributed by atoms with Crippen molar-refractivity contribution in [3.63, 3.8) is 0 Å². The third-order valence-corrected chi connectivity index (χ3v) is 1.13. The Morgan fingerprint density at radius 1 is 1.75 bits per heavy atom. The van der Waals surface area contributed by atoms with Crippen molar-refractivity contribution in [1.82, 2.24) is 0 Å². The van der Waals surface area contributed by atoms with Crippen molar-refractivity contribution in [2.24, 2.45) is 0 Å². The fourth-order valence-corrected chi connectivity index (χ4v) is 0.634. The van der Waals surface area contributed by atoms with Crippen LogP contribution in [-0.2, 0) is 4.74 Å². The van der Waals surface area contributed by atoms with Crippen LogP contribution in [-0.4, -0.2) is 25.0 Å². The van der Waals surface area contributed by atoms with E-state index < -0.39 is 5.97 Å². The fourth-order valence-electron chi connectivity index (χ4n) is 0.634. The first kappa shape index (κ1) is 8.61. The van der Waals surface area contributed by atoms with Gasteiger partial charge in [0.1, 0.15) is 6.26 Å². The number of ether oxygens (including phenoxy) is 2. The highest BCUT2D eigenvalue weighted by Crippen LogP contribution is 2.15. The van der Waals surface area contributed by atoms with Crippen LogP contribution >= 0.6 is 0 Å². The predicted octanol–water partition coefficient (Wildman–Crippen LogP) is 0.961. The highest BCUT2D eigenvalue weighted by molar-refractivity contribution is 5.84. The van der Waals surface area contributed by atoms with Gasteiger partial charge in [-0.1, -0.05) is 0 Å². The van der Waals surface area contributed by atoms with E-state index in [0.717, 1.165) is 0 Å². The van der Waals surface area contributed by atoms with Crippen LogP contribution in [0.3, 0.4) is 0 Å². The quantitative estimate of drug-likeness (QED) is 0.685. The van der Waals surface area contributed by atoms with E-state index in [0.29, 0.717) is 5.75 Å². The molecular weight excluding hydrogens is 164 g/mol. The molecule has 0 saturated carbocycles. The molecule has 0 aliphatic rings. The lowest BCUT2D eigenvalue weighted by atomic mass is 10.4. The number of aromatic carboxylic acids is 1. The summed E-state index contributed by atoms with van der Waals surface area (Å²) in [6.07, 6.45) is 1.21. The van der Waals surface area contributed by atoms with Gasteiger partial charge in [0, 0.05) is 13.2 Å².